The van der Waals surface area contributed by atoms with Crippen molar-refractivity contribution in [1.29, 1.82) is 0 Å². The molecule has 13 heavy (non-hydrogen) atoms. The molecule has 0 aliphatic rings. The van der Waals surface area contributed by atoms with Crippen LogP contribution in [0.4, 0.5) is 0 Å². The molecule has 1 heterocycles. The third-order valence-electron chi connectivity index (χ3n) is 2.34. The SMILES string of the molecule is CCC(CO)C(N)c1cccnc1. The first-order chi connectivity index (χ1) is 6.29. The van der Waals surface area contributed by atoms with Crippen LogP contribution >= 0.6 is 0 Å². The summed E-state index contributed by atoms with van der Waals surface area (Å²) in [6.07, 6.45) is 4.35. The van der Waals surface area contributed by atoms with E-state index in [-0.39, 0.29) is 18.6 Å². The van der Waals surface area contributed by atoms with E-state index in [2.05, 4.69) is 4.98 Å². The number of nitrogens with two attached hydrogens (primary N) is 1. The highest BCUT2D eigenvalue weighted by Crippen LogP contribution is 2.20. The monoisotopic (exact) mass is 180 g/mol. The molecule has 1 rings (SSSR count). The summed E-state index contributed by atoms with van der Waals surface area (Å²) in [5.41, 5.74) is 6.95. The fourth-order valence-electron chi connectivity index (χ4n) is 1.34. The molecule has 3 N–H and O–H groups in total. The second-order valence-electron chi connectivity index (χ2n) is 3.16. The van der Waals surface area contributed by atoms with Gasteiger partial charge in [0.05, 0.1) is 0 Å². The fraction of sp³-hybridized carbons (Fsp3) is 0.500. The number of hydrogen-bond donors (Lipinski definition) is 2. The molecule has 0 saturated carbocycles. The van der Waals surface area contributed by atoms with Crippen LogP contribution in [0.1, 0.15) is 24.9 Å². The van der Waals surface area contributed by atoms with Crippen molar-refractivity contribution in [2.24, 2.45) is 11.7 Å². The number of aliphatic hydroxyl groups is 1. The highest BCUT2D eigenvalue weighted by molar-refractivity contribution is 5.14. The van der Waals surface area contributed by atoms with Gasteiger partial charge in [-0.3, -0.25) is 4.98 Å². The Morgan fingerprint density at radius 3 is 2.85 bits per heavy atom. The zero-order valence-corrected chi connectivity index (χ0v) is 7.85. The minimum atomic E-state index is -0.108. The maximum absolute atomic E-state index is 9.06. The van der Waals surface area contributed by atoms with Gasteiger partial charge in [0.2, 0.25) is 0 Å². The normalized spacial score (nSPS) is 15.3. The molecule has 0 fully saturated rings. The number of aliphatic hydroxyl groups excluding tert-OH is 1. The number of rotatable bonds is 4. The fourth-order valence-corrected chi connectivity index (χ4v) is 1.34. The molecule has 0 aliphatic carbocycles. The van der Waals surface area contributed by atoms with Crippen molar-refractivity contribution in [3.8, 4) is 0 Å². The molecule has 72 valence electrons. The van der Waals surface area contributed by atoms with E-state index in [9.17, 15) is 0 Å². The van der Waals surface area contributed by atoms with Crippen LogP contribution < -0.4 is 5.73 Å². The van der Waals surface area contributed by atoms with Gasteiger partial charge in [0.15, 0.2) is 0 Å². The molecule has 0 aliphatic heterocycles. The lowest BCUT2D eigenvalue weighted by atomic mass is 9.93. The lowest BCUT2D eigenvalue weighted by Crippen LogP contribution is -2.23. The van der Waals surface area contributed by atoms with Crippen LogP contribution in [0.25, 0.3) is 0 Å². The van der Waals surface area contributed by atoms with Crippen LogP contribution in [0.5, 0.6) is 0 Å². The molecule has 2 unspecified atom stereocenters. The predicted molar refractivity (Wildman–Crippen MR) is 52.0 cm³/mol. The summed E-state index contributed by atoms with van der Waals surface area (Å²) >= 11 is 0. The Bertz CT molecular complexity index is 234. The van der Waals surface area contributed by atoms with Crippen molar-refractivity contribution in [2.45, 2.75) is 19.4 Å². The van der Waals surface area contributed by atoms with Gasteiger partial charge >= 0.3 is 0 Å². The molecular weight excluding hydrogens is 164 g/mol. The van der Waals surface area contributed by atoms with Crippen LogP contribution in [-0.4, -0.2) is 16.7 Å². The number of nitrogens with zero attached hydrogens (tertiary/aromatic N) is 1. The maximum Gasteiger partial charge on any atom is 0.0477 e. The van der Waals surface area contributed by atoms with Crippen LogP contribution in [0.2, 0.25) is 0 Å². The third-order valence-corrected chi connectivity index (χ3v) is 2.34. The molecule has 3 nitrogen and oxygen atoms in total. The number of pyridine rings is 1. The van der Waals surface area contributed by atoms with E-state index >= 15 is 0 Å². The summed E-state index contributed by atoms with van der Waals surface area (Å²) < 4.78 is 0. The molecular formula is C10H16N2O. The number of aromatic nitrogens is 1. The summed E-state index contributed by atoms with van der Waals surface area (Å²) in [4.78, 5) is 4.00. The summed E-state index contributed by atoms with van der Waals surface area (Å²) in [6.45, 7) is 2.16. The molecule has 3 heteroatoms. The molecule has 2 atom stereocenters. The molecule has 0 amide bonds. The highest BCUT2D eigenvalue weighted by Gasteiger charge is 2.16. The van der Waals surface area contributed by atoms with Crippen LogP contribution in [-0.2, 0) is 0 Å². The van der Waals surface area contributed by atoms with Gasteiger partial charge in [-0.15, -0.1) is 0 Å². The minimum absolute atomic E-state index is 0.108. The number of hydrogen-bond acceptors (Lipinski definition) is 3. The summed E-state index contributed by atoms with van der Waals surface area (Å²) in [5, 5.41) is 9.06. The maximum atomic E-state index is 9.06. The van der Waals surface area contributed by atoms with Gasteiger partial charge in [-0.1, -0.05) is 13.0 Å². The Balaban J connectivity index is 2.72. The van der Waals surface area contributed by atoms with Crippen molar-refractivity contribution in [1.82, 2.24) is 4.98 Å². The lowest BCUT2D eigenvalue weighted by molar-refractivity contribution is 0.200. The van der Waals surface area contributed by atoms with Crippen molar-refractivity contribution in [2.75, 3.05) is 6.61 Å². The first kappa shape index (κ1) is 10.2. The smallest absolute Gasteiger partial charge is 0.0477 e. The van der Waals surface area contributed by atoms with E-state index in [1.54, 1.807) is 12.4 Å². The second kappa shape index (κ2) is 4.94. The quantitative estimate of drug-likeness (QED) is 0.729. The van der Waals surface area contributed by atoms with E-state index in [0.717, 1.165) is 12.0 Å². The molecule has 0 aromatic carbocycles. The molecule has 0 radical (unpaired) electrons. The molecule has 1 aromatic heterocycles. The van der Waals surface area contributed by atoms with E-state index < -0.39 is 0 Å². The predicted octanol–water partition coefficient (Wildman–Crippen LogP) is 1.10. The van der Waals surface area contributed by atoms with Gasteiger partial charge in [0.1, 0.15) is 0 Å². The molecule has 1 aromatic rings. The van der Waals surface area contributed by atoms with Gasteiger partial charge < -0.3 is 10.8 Å². The van der Waals surface area contributed by atoms with Crippen molar-refractivity contribution in [3.05, 3.63) is 30.1 Å². The Morgan fingerprint density at radius 1 is 1.62 bits per heavy atom. The Morgan fingerprint density at radius 2 is 2.38 bits per heavy atom. The van der Waals surface area contributed by atoms with Gasteiger partial charge in [-0.25, -0.2) is 0 Å². The second-order valence-corrected chi connectivity index (χ2v) is 3.16. The van der Waals surface area contributed by atoms with Crippen LogP contribution in [0.3, 0.4) is 0 Å². The van der Waals surface area contributed by atoms with E-state index in [1.165, 1.54) is 0 Å². The summed E-state index contributed by atoms with van der Waals surface area (Å²) in [5.74, 6) is 0.129. The zero-order valence-electron chi connectivity index (χ0n) is 7.85. The lowest BCUT2D eigenvalue weighted by Gasteiger charge is -2.20. The average Bonchev–Trinajstić information content (AvgIpc) is 2.21. The van der Waals surface area contributed by atoms with E-state index in [1.807, 2.05) is 19.1 Å². The first-order valence-electron chi connectivity index (χ1n) is 4.56. The Labute approximate surface area is 78.6 Å². The largest absolute Gasteiger partial charge is 0.396 e. The van der Waals surface area contributed by atoms with Gasteiger partial charge in [0, 0.05) is 31.0 Å². The Hall–Kier alpha value is -0.930. The standard InChI is InChI=1S/C10H16N2O/c1-2-8(7-13)10(11)9-4-3-5-12-6-9/h3-6,8,10,13H,2,7,11H2,1H3. The van der Waals surface area contributed by atoms with Gasteiger partial charge in [-0.2, -0.15) is 0 Å². The average molecular weight is 180 g/mol. The van der Waals surface area contributed by atoms with Crippen LogP contribution in [0.15, 0.2) is 24.5 Å². The van der Waals surface area contributed by atoms with E-state index in [4.69, 9.17) is 10.8 Å². The summed E-state index contributed by atoms with van der Waals surface area (Å²) in [6, 6.07) is 3.69. The third kappa shape index (κ3) is 2.50. The van der Waals surface area contributed by atoms with Gasteiger partial charge in [0.25, 0.3) is 0 Å². The van der Waals surface area contributed by atoms with Crippen molar-refractivity contribution in [3.63, 3.8) is 0 Å². The Kier molecular flexibility index (Phi) is 3.86. The molecule has 0 spiro atoms. The van der Waals surface area contributed by atoms with Crippen molar-refractivity contribution >= 4 is 0 Å². The van der Waals surface area contributed by atoms with E-state index in [0.29, 0.717) is 0 Å². The zero-order chi connectivity index (χ0) is 9.68. The van der Waals surface area contributed by atoms with Gasteiger partial charge in [-0.05, 0) is 18.1 Å². The molecule has 0 saturated heterocycles. The van der Waals surface area contributed by atoms with Crippen LogP contribution in [0, 0.1) is 5.92 Å². The summed E-state index contributed by atoms with van der Waals surface area (Å²) in [7, 11) is 0. The topological polar surface area (TPSA) is 59.1 Å². The first-order valence-corrected chi connectivity index (χ1v) is 4.56. The minimum Gasteiger partial charge on any atom is -0.396 e. The van der Waals surface area contributed by atoms with Crippen molar-refractivity contribution < 1.29 is 5.11 Å². The molecule has 0 bridgehead atoms. The highest BCUT2D eigenvalue weighted by atomic mass is 16.3.